The number of hydrogen-bond donors (Lipinski definition) is 1. The molecule has 1 aliphatic heterocycles. The summed E-state index contributed by atoms with van der Waals surface area (Å²) in [6.45, 7) is 7.62. The monoisotopic (exact) mass is 250 g/mol. The molecule has 1 aromatic heterocycles. The molecule has 0 aliphatic carbocycles. The van der Waals surface area contributed by atoms with E-state index in [1.165, 1.54) is 0 Å². The van der Waals surface area contributed by atoms with Crippen molar-refractivity contribution in [3.63, 3.8) is 0 Å². The van der Waals surface area contributed by atoms with Gasteiger partial charge < -0.3 is 5.73 Å². The molecular weight excluding hydrogens is 228 g/mol. The summed E-state index contributed by atoms with van der Waals surface area (Å²) in [6, 6.07) is 2.01. The molecule has 2 N–H and O–H groups in total. The summed E-state index contributed by atoms with van der Waals surface area (Å²) >= 11 is 0. The fourth-order valence-electron chi connectivity index (χ4n) is 2.24. The predicted octanol–water partition coefficient (Wildman–Crippen LogP) is 1.03. The van der Waals surface area contributed by atoms with Crippen LogP contribution in [-0.4, -0.2) is 28.8 Å². The van der Waals surface area contributed by atoms with Crippen LogP contribution in [0.1, 0.15) is 32.9 Å². The van der Waals surface area contributed by atoms with Crippen molar-refractivity contribution in [3.05, 3.63) is 11.8 Å². The van der Waals surface area contributed by atoms with Crippen LogP contribution in [0.4, 0.5) is 5.82 Å². The lowest BCUT2D eigenvalue weighted by molar-refractivity contribution is -0.117. The largest absolute Gasteiger partial charge is 0.330 e. The van der Waals surface area contributed by atoms with Gasteiger partial charge in [0.25, 0.3) is 0 Å². The second-order valence-electron chi connectivity index (χ2n) is 6.07. The number of nitrogens with two attached hydrogens (primary N) is 1. The summed E-state index contributed by atoms with van der Waals surface area (Å²) in [5.41, 5.74) is 6.64. The third kappa shape index (κ3) is 2.27. The van der Waals surface area contributed by atoms with Gasteiger partial charge >= 0.3 is 0 Å². The number of hydrogen-bond acceptors (Lipinski definition) is 3. The van der Waals surface area contributed by atoms with Crippen LogP contribution in [0.15, 0.2) is 6.07 Å². The quantitative estimate of drug-likeness (QED) is 0.852. The van der Waals surface area contributed by atoms with Gasteiger partial charge in [0.05, 0.1) is 5.69 Å². The number of aryl methyl sites for hydroxylation is 1. The van der Waals surface area contributed by atoms with Crippen molar-refractivity contribution >= 4 is 11.7 Å². The zero-order valence-electron chi connectivity index (χ0n) is 11.6. The lowest BCUT2D eigenvalue weighted by Gasteiger charge is -2.16. The maximum Gasteiger partial charge on any atom is 0.228 e. The summed E-state index contributed by atoms with van der Waals surface area (Å²) < 4.78 is 1.79. The molecule has 5 nitrogen and oxygen atoms in total. The third-order valence-corrected chi connectivity index (χ3v) is 3.44. The molecule has 2 rings (SSSR count). The molecule has 2 heterocycles. The number of carbonyl (C=O) groups is 1. The minimum Gasteiger partial charge on any atom is -0.330 e. The zero-order chi connectivity index (χ0) is 13.5. The molecule has 5 heteroatoms. The van der Waals surface area contributed by atoms with Gasteiger partial charge in [-0.15, -0.1) is 0 Å². The van der Waals surface area contributed by atoms with E-state index in [0.717, 1.165) is 11.5 Å². The van der Waals surface area contributed by atoms with Crippen molar-refractivity contribution < 1.29 is 4.79 Å². The van der Waals surface area contributed by atoms with Gasteiger partial charge in [-0.1, -0.05) is 20.8 Å². The molecule has 0 saturated carbocycles. The first kappa shape index (κ1) is 13.1. The maximum atomic E-state index is 12.0. The summed E-state index contributed by atoms with van der Waals surface area (Å²) in [5.74, 6) is 1.29. The van der Waals surface area contributed by atoms with E-state index in [9.17, 15) is 4.79 Å². The van der Waals surface area contributed by atoms with E-state index in [4.69, 9.17) is 5.73 Å². The van der Waals surface area contributed by atoms with E-state index in [1.807, 2.05) is 13.1 Å². The van der Waals surface area contributed by atoms with E-state index in [-0.39, 0.29) is 17.2 Å². The summed E-state index contributed by atoms with van der Waals surface area (Å²) in [5, 5.41) is 4.50. The Bertz CT molecular complexity index is 458. The highest BCUT2D eigenvalue weighted by Crippen LogP contribution is 2.29. The normalized spacial score (nSPS) is 20.8. The van der Waals surface area contributed by atoms with Crippen molar-refractivity contribution in [3.8, 4) is 0 Å². The average Bonchev–Trinajstić information content (AvgIpc) is 2.81. The minimum atomic E-state index is -0.00789. The van der Waals surface area contributed by atoms with Gasteiger partial charge in [-0.3, -0.25) is 14.4 Å². The summed E-state index contributed by atoms with van der Waals surface area (Å²) in [6.07, 6.45) is 0.548. The highest BCUT2D eigenvalue weighted by Gasteiger charge is 2.32. The van der Waals surface area contributed by atoms with Crippen molar-refractivity contribution in [2.75, 3.05) is 18.0 Å². The van der Waals surface area contributed by atoms with Crippen LogP contribution in [-0.2, 0) is 17.3 Å². The maximum absolute atomic E-state index is 12.0. The predicted molar refractivity (Wildman–Crippen MR) is 71.4 cm³/mol. The first-order valence-electron chi connectivity index (χ1n) is 6.38. The molecule has 0 spiro atoms. The number of anilines is 1. The number of aromatic nitrogens is 2. The van der Waals surface area contributed by atoms with Gasteiger partial charge in [0.1, 0.15) is 5.82 Å². The molecule has 1 aliphatic rings. The standard InChI is InChI=1S/C13H22N4O/c1-13(2,3)10-6-11(16(4)15-10)17-8-9(7-14)5-12(17)18/h6,9H,5,7-8,14H2,1-4H3. The lowest BCUT2D eigenvalue weighted by atomic mass is 9.92. The van der Waals surface area contributed by atoms with Gasteiger partial charge in [-0.05, 0) is 12.5 Å². The minimum absolute atomic E-state index is 0.00789. The van der Waals surface area contributed by atoms with Gasteiger partial charge in [-0.25, -0.2) is 0 Å². The Morgan fingerprint density at radius 2 is 2.17 bits per heavy atom. The van der Waals surface area contributed by atoms with Crippen LogP contribution >= 0.6 is 0 Å². The van der Waals surface area contributed by atoms with E-state index in [0.29, 0.717) is 19.5 Å². The van der Waals surface area contributed by atoms with Crippen LogP contribution in [0.2, 0.25) is 0 Å². The molecule has 100 valence electrons. The summed E-state index contributed by atoms with van der Waals surface area (Å²) in [4.78, 5) is 13.8. The van der Waals surface area contributed by atoms with Gasteiger partial charge in [0.15, 0.2) is 0 Å². The molecule has 1 unspecified atom stereocenters. The highest BCUT2D eigenvalue weighted by molar-refractivity contribution is 5.95. The molecular formula is C13H22N4O. The molecule has 0 bridgehead atoms. The van der Waals surface area contributed by atoms with Gasteiger partial charge in [-0.2, -0.15) is 5.10 Å². The molecule has 0 radical (unpaired) electrons. The van der Waals surface area contributed by atoms with Crippen molar-refractivity contribution in [2.24, 2.45) is 18.7 Å². The zero-order valence-corrected chi connectivity index (χ0v) is 11.6. The first-order valence-corrected chi connectivity index (χ1v) is 6.38. The van der Waals surface area contributed by atoms with Crippen LogP contribution in [0.25, 0.3) is 0 Å². The van der Waals surface area contributed by atoms with Gasteiger partial charge in [0, 0.05) is 31.5 Å². The summed E-state index contributed by atoms with van der Waals surface area (Å²) in [7, 11) is 1.88. The Kier molecular flexibility index (Phi) is 3.19. The van der Waals surface area contributed by atoms with Crippen LogP contribution in [0.3, 0.4) is 0 Å². The highest BCUT2D eigenvalue weighted by atomic mass is 16.2. The fraction of sp³-hybridized carbons (Fsp3) is 0.692. The Hall–Kier alpha value is -1.36. The fourth-order valence-corrected chi connectivity index (χ4v) is 2.24. The van der Waals surface area contributed by atoms with Crippen LogP contribution in [0, 0.1) is 5.92 Å². The molecule has 1 atom stereocenters. The van der Waals surface area contributed by atoms with Crippen LogP contribution < -0.4 is 10.6 Å². The van der Waals surface area contributed by atoms with Crippen LogP contribution in [0.5, 0.6) is 0 Å². The van der Waals surface area contributed by atoms with E-state index < -0.39 is 0 Å². The number of carbonyl (C=O) groups excluding carboxylic acids is 1. The SMILES string of the molecule is Cn1nc(C(C)(C)C)cc1N1CC(CN)CC1=O. The molecule has 1 amide bonds. The smallest absolute Gasteiger partial charge is 0.228 e. The lowest BCUT2D eigenvalue weighted by Crippen LogP contribution is -2.27. The number of rotatable bonds is 2. The van der Waals surface area contributed by atoms with E-state index in [1.54, 1.807) is 9.58 Å². The van der Waals surface area contributed by atoms with E-state index in [2.05, 4.69) is 25.9 Å². The third-order valence-electron chi connectivity index (χ3n) is 3.44. The molecule has 1 fully saturated rings. The first-order chi connectivity index (χ1) is 8.32. The second kappa shape index (κ2) is 4.39. The Morgan fingerprint density at radius 1 is 1.50 bits per heavy atom. The second-order valence-corrected chi connectivity index (χ2v) is 6.07. The number of nitrogens with zero attached hydrogens (tertiary/aromatic N) is 3. The average molecular weight is 250 g/mol. The molecule has 18 heavy (non-hydrogen) atoms. The Labute approximate surface area is 108 Å². The van der Waals surface area contributed by atoms with Crippen molar-refractivity contribution in [2.45, 2.75) is 32.6 Å². The topological polar surface area (TPSA) is 64.2 Å². The van der Waals surface area contributed by atoms with Crippen molar-refractivity contribution in [1.82, 2.24) is 9.78 Å². The molecule has 1 saturated heterocycles. The van der Waals surface area contributed by atoms with Crippen molar-refractivity contribution in [1.29, 1.82) is 0 Å². The van der Waals surface area contributed by atoms with Gasteiger partial charge in [0.2, 0.25) is 5.91 Å². The number of amides is 1. The molecule has 1 aromatic rings. The Balaban J connectivity index is 2.29. The molecule has 0 aromatic carbocycles. The van der Waals surface area contributed by atoms with E-state index >= 15 is 0 Å². The Morgan fingerprint density at radius 3 is 2.61 bits per heavy atom.